The van der Waals surface area contributed by atoms with Gasteiger partial charge in [0.2, 0.25) is 5.70 Å². The fourth-order valence-corrected chi connectivity index (χ4v) is 10.5. The first-order chi connectivity index (χ1) is 24.1. The number of fused-ring (bicyclic) bond motifs is 3. The summed E-state index contributed by atoms with van der Waals surface area (Å²) in [6, 6.07) is 23.8. The molecule has 8 rings (SSSR count). The summed E-state index contributed by atoms with van der Waals surface area (Å²) in [5, 5.41) is 13.9. The van der Waals surface area contributed by atoms with Crippen molar-refractivity contribution in [2.45, 2.75) is 39.8 Å². The zero-order chi connectivity index (χ0) is 33.5. The number of hydrogen-bond acceptors (Lipinski definition) is 8. The van der Waals surface area contributed by atoms with E-state index in [2.05, 4.69) is 70.3 Å². The number of allylic oxidation sites excluding steroid dienone is 1. The minimum Gasteiger partial charge on any atom is -0.341 e. The molecule has 0 saturated carbocycles. The highest BCUT2D eigenvalue weighted by Crippen LogP contribution is 2.44. The van der Waals surface area contributed by atoms with Crippen LogP contribution in [0.1, 0.15) is 47.8 Å². The molecule has 49 heavy (non-hydrogen) atoms. The van der Waals surface area contributed by atoms with Crippen molar-refractivity contribution >= 4 is 112 Å². The number of rotatable bonds is 10. The number of aromatic nitrogens is 4. The Morgan fingerprint density at radius 1 is 0.796 bits per heavy atom. The molecular weight excluding hydrogens is 701 g/mol. The van der Waals surface area contributed by atoms with E-state index in [0.717, 1.165) is 74.1 Å². The number of benzene rings is 1. The molecule has 0 amide bonds. The lowest BCUT2D eigenvalue weighted by Gasteiger charge is -2.07. The predicted octanol–water partition coefficient (Wildman–Crippen LogP) is 12.5. The van der Waals surface area contributed by atoms with Gasteiger partial charge in [-0.15, -0.1) is 34.0 Å². The van der Waals surface area contributed by atoms with Gasteiger partial charge in [-0.05, 0) is 66.1 Å². The Kier molecular flexibility index (Phi) is 8.62. The number of aryl methyl sites for hydroxylation is 2. The van der Waals surface area contributed by atoms with Gasteiger partial charge in [0.15, 0.2) is 0 Å². The van der Waals surface area contributed by atoms with Crippen molar-refractivity contribution in [2.75, 3.05) is 0 Å². The van der Waals surface area contributed by atoms with Crippen LogP contribution in [0.5, 0.6) is 0 Å². The van der Waals surface area contributed by atoms with Gasteiger partial charge in [0.1, 0.15) is 17.1 Å². The van der Waals surface area contributed by atoms with Crippen molar-refractivity contribution in [1.29, 1.82) is 5.26 Å². The summed E-state index contributed by atoms with van der Waals surface area (Å²) in [4.78, 5) is 8.15. The summed E-state index contributed by atoms with van der Waals surface area (Å²) in [5.41, 5.74) is 9.89. The van der Waals surface area contributed by atoms with Crippen molar-refractivity contribution in [2.24, 2.45) is 0 Å². The molecule has 0 bridgehead atoms. The molecule has 0 saturated heterocycles. The smallest absolute Gasteiger partial charge is 0.206 e. The van der Waals surface area contributed by atoms with E-state index in [1.54, 1.807) is 45.3 Å². The molecular formula is C38H28N6S5. The number of nitrogens with zero attached hydrogens (tertiary/aromatic N) is 6. The van der Waals surface area contributed by atoms with Gasteiger partial charge in [-0.3, -0.25) is 0 Å². The highest BCUT2D eigenvalue weighted by molar-refractivity contribution is 7.23. The van der Waals surface area contributed by atoms with E-state index in [9.17, 15) is 5.26 Å². The second kappa shape index (κ2) is 13.4. The zero-order valence-corrected chi connectivity index (χ0v) is 30.7. The van der Waals surface area contributed by atoms with Crippen molar-refractivity contribution in [1.82, 2.24) is 17.9 Å². The molecule has 7 aromatic heterocycles. The highest BCUT2D eigenvalue weighted by Gasteiger charge is 2.20. The Bertz CT molecular complexity index is 2420. The van der Waals surface area contributed by atoms with Gasteiger partial charge < -0.3 is 9.13 Å². The maximum absolute atomic E-state index is 9.89. The first-order valence-corrected chi connectivity index (χ1v) is 20.0. The average molecular weight is 729 g/mol. The fraction of sp³-hybridized carbons (Fsp3) is 0.158. The standard InChI is InChI=1S/C38H28N6S5/c1-4-12-43-24(16-23(22-39)31-8-6-14-45-31)18-35-29(43)20-33(47-35)26-10-11-27(38-37(26)41-49-42-38)34-21-30-36(48-34)19-25(44(30)13-5-2)17-28(40-3)32-9-7-15-46-32/h6-11,14-21H,4-5,12-13H2,1-2H3/b23-16+,28-17-. The maximum atomic E-state index is 9.89. The minimum atomic E-state index is 0.675. The summed E-state index contributed by atoms with van der Waals surface area (Å²) >= 11 is 7.98. The molecule has 0 aliphatic carbocycles. The van der Waals surface area contributed by atoms with Crippen LogP contribution in [0.3, 0.4) is 0 Å². The second-order valence-electron chi connectivity index (χ2n) is 11.5. The predicted molar refractivity (Wildman–Crippen MR) is 212 cm³/mol. The van der Waals surface area contributed by atoms with Crippen LogP contribution in [0.2, 0.25) is 0 Å². The van der Waals surface area contributed by atoms with Crippen molar-refractivity contribution in [3.05, 3.63) is 104 Å². The van der Waals surface area contributed by atoms with Crippen LogP contribution in [0, 0.1) is 17.9 Å². The van der Waals surface area contributed by atoms with Crippen LogP contribution in [-0.2, 0) is 13.1 Å². The van der Waals surface area contributed by atoms with E-state index in [-0.39, 0.29) is 0 Å². The van der Waals surface area contributed by atoms with E-state index in [0.29, 0.717) is 11.3 Å². The van der Waals surface area contributed by atoms with Gasteiger partial charge in [0.25, 0.3) is 0 Å². The van der Waals surface area contributed by atoms with Crippen molar-refractivity contribution < 1.29 is 0 Å². The maximum Gasteiger partial charge on any atom is 0.206 e. The lowest BCUT2D eigenvalue weighted by molar-refractivity contribution is 0.699. The normalized spacial score (nSPS) is 12.4. The molecule has 0 fully saturated rings. The second-order valence-corrected chi connectivity index (χ2v) is 16.1. The molecule has 0 radical (unpaired) electrons. The number of hydrogen-bond donors (Lipinski definition) is 0. The van der Waals surface area contributed by atoms with Gasteiger partial charge in [0.05, 0.1) is 44.3 Å². The molecule has 7 heterocycles. The SMILES string of the molecule is [C-]#[N+]/C(=C\c1cc2sc(-c3ccc(-c4cc5c(cc(/C=C(\C#N)c6cccs6)n5CCC)s4)c4nsnc34)cc2n1CCC)c1cccs1. The number of nitriles is 1. The zero-order valence-electron chi connectivity index (χ0n) is 26.6. The Hall–Kier alpha value is -4.62. The highest BCUT2D eigenvalue weighted by atomic mass is 32.1. The molecule has 1 aromatic carbocycles. The number of thiophene rings is 4. The van der Waals surface area contributed by atoms with Crippen LogP contribution in [0.25, 0.3) is 80.6 Å². The molecule has 0 aliphatic heterocycles. The first-order valence-electron chi connectivity index (χ1n) is 15.9. The van der Waals surface area contributed by atoms with Crippen LogP contribution in [0.4, 0.5) is 0 Å². The third kappa shape index (κ3) is 5.68. The topological polar surface area (TPSA) is 63.8 Å². The quantitative estimate of drug-likeness (QED) is 0.104. The monoisotopic (exact) mass is 728 g/mol. The molecule has 0 spiro atoms. The summed E-state index contributed by atoms with van der Waals surface area (Å²) < 4.78 is 16.7. The van der Waals surface area contributed by atoms with Gasteiger partial charge in [0, 0.05) is 55.1 Å². The Morgan fingerprint density at radius 3 is 1.84 bits per heavy atom. The molecule has 0 aliphatic rings. The molecule has 6 nitrogen and oxygen atoms in total. The summed E-state index contributed by atoms with van der Waals surface area (Å²) in [5.74, 6) is 0. The largest absolute Gasteiger partial charge is 0.341 e. The summed E-state index contributed by atoms with van der Waals surface area (Å²) in [6.07, 6.45) is 6.04. The third-order valence-corrected chi connectivity index (χ3v) is 13.0. The lowest BCUT2D eigenvalue weighted by atomic mass is 10.1. The summed E-state index contributed by atoms with van der Waals surface area (Å²) in [6.45, 7) is 13.9. The van der Waals surface area contributed by atoms with E-state index in [4.69, 9.17) is 15.3 Å². The van der Waals surface area contributed by atoms with Crippen LogP contribution >= 0.6 is 57.1 Å². The molecule has 0 N–H and O–H groups in total. The van der Waals surface area contributed by atoms with Crippen LogP contribution in [-0.4, -0.2) is 17.9 Å². The van der Waals surface area contributed by atoms with Crippen LogP contribution in [0.15, 0.2) is 71.4 Å². The van der Waals surface area contributed by atoms with Crippen molar-refractivity contribution in [3.8, 4) is 27.0 Å². The molecule has 0 unspecified atom stereocenters. The first kappa shape index (κ1) is 31.6. The molecule has 0 atom stereocenters. The van der Waals surface area contributed by atoms with Crippen LogP contribution < -0.4 is 0 Å². The van der Waals surface area contributed by atoms with E-state index in [1.165, 1.54) is 37.0 Å². The van der Waals surface area contributed by atoms with Gasteiger partial charge in [-0.2, -0.15) is 25.3 Å². The third-order valence-electron chi connectivity index (χ3n) is 8.46. The Labute approximate surface area is 303 Å². The van der Waals surface area contributed by atoms with Gasteiger partial charge in [-0.25, -0.2) is 4.85 Å². The van der Waals surface area contributed by atoms with E-state index in [1.807, 2.05) is 47.2 Å². The van der Waals surface area contributed by atoms with E-state index < -0.39 is 0 Å². The molecule has 240 valence electrons. The molecule has 11 heteroatoms. The molecule has 8 aromatic rings. The van der Waals surface area contributed by atoms with Gasteiger partial charge in [-0.1, -0.05) is 44.2 Å². The van der Waals surface area contributed by atoms with Gasteiger partial charge >= 0.3 is 0 Å². The Morgan fingerprint density at radius 2 is 1.35 bits per heavy atom. The average Bonchev–Trinajstić information content (AvgIpc) is 3.96. The van der Waals surface area contributed by atoms with Crippen molar-refractivity contribution in [3.63, 3.8) is 0 Å². The fourth-order valence-electron chi connectivity index (χ4n) is 6.30. The minimum absolute atomic E-state index is 0.675. The van der Waals surface area contributed by atoms with E-state index >= 15 is 0 Å². The lowest BCUT2D eigenvalue weighted by Crippen LogP contribution is -1.98. The Balaban J connectivity index is 1.17. The summed E-state index contributed by atoms with van der Waals surface area (Å²) in [7, 11) is 0.